The summed E-state index contributed by atoms with van der Waals surface area (Å²) >= 11 is 0. The van der Waals surface area contributed by atoms with E-state index >= 15 is 0 Å². The fraction of sp³-hybridized carbons (Fsp3) is 0.538. The zero-order valence-electron chi connectivity index (χ0n) is 11.7. The van der Waals surface area contributed by atoms with Crippen LogP contribution in [-0.2, 0) is 0 Å². The average Bonchev–Trinajstić information content (AvgIpc) is 2.77. The molecule has 0 aliphatic carbocycles. The van der Waals surface area contributed by atoms with Gasteiger partial charge in [-0.15, -0.1) is 0 Å². The molecule has 0 bridgehead atoms. The van der Waals surface area contributed by atoms with Gasteiger partial charge in [-0.05, 0) is 6.92 Å². The largest absolute Gasteiger partial charge is 0.496 e. The molecule has 1 aliphatic heterocycles. The lowest BCUT2D eigenvalue weighted by Crippen LogP contribution is -2.35. The maximum absolute atomic E-state index is 6.20. The first-order valence-electron chi connectivity index (χ1n) is 6.19. The SMILES string of the molecule is COc1cc(OC)c(C2NNC(C)C2N)c(OC)c1. The van der Waals surface area contributed by atoms with E-state index in [1.807, 2.05) is 19.1 Å². The first-order valence-corrected chi connectivity index (χ1v) is 6.19. The van der Waals surface area contributed by atoms with Crippen molar-refractivity contribution in [1.82, 2.24) is 10.9 Å². The van der Waals surface area contributed by atoms with E-state index in [0.29, 0.717) is 17.2 Å². The van der Waals surface area contributed by atoms with Crippen LogP contribution in [0.4, 0.5) is 0 Å². The van der Waals surface area contributed by atoms with Crippen LogP contribution in [0, 0.1) is 0 Å². The number of nitrogens with two attached hydrogens (primary N) is 1. The normalized spacial score (nSPS) is 26.3. The summed E-state index contributed by atoms with van der Waals surface area (Å²) in [5.74, 6) is 2.07. The maximum atomic E-state index is 6.20. The highest BCUT2D eigenvalue weighted by molar-refractivity contribution is 5.53. The van der Waals surface area contributed by atoms with E-state index in [2.05, 4.69) is 10.9 Å². The summed E-state index contributed by atoms with van der Waals surface area (Å²) in [5.41, 5.74) is 13.4. The molecule has 3 unspecified atom stereocenters. The van der Waals surface area contributed by atoms with Crippen molar-refractivity contribution < 1.29 is 14.2 Å². The predicted octanol–water partition coefficient (Wildman–Crippen LogP) is 0.577. The predicted molar refractivity (Wildman–Crippen MR) is 72.5 cm³/mol. The van der Waals surface area contributed by atoms with Gasteiger partial charge >= 0.3 is 0 Å². The van der Waals surface area contributed by atoms with Crippen molar-refractivity contribution in [3.8, 4) is 17.2 Å². The van der Waals surface area contributed by atoms with Gasteiger partial charge in [0.1, 0.15) is 17.2 Å². The molecule has 0 aromatic heterocycles. The Bertz CT molecular complexity index is 428. The van der Waals surface area contributed by atoms with Gasteiger partial charge in [-0.25, -0.2) is 5.43 Å². The lowest BCUT2D eigenvalue weighted by atomic mass is 9.96. The standard InChI is InChI=1S/C13H21N3O3/c1-7-12(14)13(16-15-7)11-9(18-3)5-8(17-2)6-10(11)19-4/h5-7,12-13,15-16H,14H2,1-4H3. The molecule has 1 fully saturated rings. The average molecular weight is 267 g/mol. The fourth-order valence-electron chi connectivity index (χ4n) is 2.31. The molecule has 1 aromatic rings. The zero-order valence-corrected chi connectivity index (χ0v) is 11.7. The molecule has 0 saturated carbocycles. The van der Waals surface area contributed by atoms with E-state index in [1.54, 1.807) is 21.3 Å². The van der Waals surface area contributed by atoms with Crippen molar-refractivity contribution in [3.05, 3.63) is 17.7 Å². The first-order chi connectivity index (χ1) is 9.12. The van der Waals surface area contributed by atoms with Crippen LogP contribution in [0.15, 0.2) is 12.1 Å². The summed E-state index contributed by atoms with van der Waals surface area (Å²) in [4.78, 5) is 0. The lowest BCUT2D eigenvalue weighted by molar-refractivity contribution is 0.357. The van der Waals surface area contributed by atoms with Gasteiger partial charge in [-0.2, -0.15) is 0 Å². The van der Waals surface area contributed by atoms with Gasteiger partial charge in [0.15, 0.2) is 0 Å². The van der Waals surface area contributed by atoms with E-state index in [4.69, 9.17) is 19.9 Å². The monoisotopic (exact) mass is 267 g/mol. The minimum Gasteiger partial charge on any atom is -0.496 e. The van der Waals surface area contributed by atoms with Crippen LogP contribution in [0.25, 0.3) is 0 Å². The molecule has 0 radical (unpaired) electrons. The van der Waals surface area contributed by atoms with Crippen molar-refractivity contribution >= 4 is 0 Å². The summed E-state index contributed by atoms with van der Waals surface area (Å²) in [5, 5.41) is 0. The van der Waals surface area contributed by atoms with Crippen LogP contribution in [0.3, 0.4) is 0 Å². The van der Waals surface area contributed by atoms with Crippen LogP contribution in [0.5, 0.6) is 17.2 Å². The Morgan fingerprint density at radius 1 is 1.00 bits per heavy atom. The summed E-state index contributed by atoms with van der Waals surface area (Å²) in [7, 11) is 4.85. The summed E-state index contributed by atoms with van der Waals surface area (Å²) in [6, 6.07) is 3.67. The molecular formula is C13H21N3O3. The van der Waals surface area contributed by atoms with E-state index < -0.39 is 0 Å². The second-order valence-corrected chi connectivity index (χ2v) is 4.58. The van der Waals surface area contributed by atoms with Crippen molar-refractivity contribution in [2.24, 2.45) is 5.73 Å². The van der Waals surface area contributed by atoms with Crippen LogP contribution < -0.4 is 30.8 Å². The van der Waals surface area contributed by atoms with Gasteiger partial charge in [0.25, 0.3) is 0 Å². The topological polar surface area (TPSA) is 77.8 Å². The molecule has 6 nitrogen and oxygen atoms in total. The minimum atomic E-state index is -0.0780. The van der Waals surface area contributed by atoms with Crippen LogP contribution in [0.2, 0.25) is 0 Å². The highest BCUT2D eigenvalue weighted by Crippen LogP contribution is 2.40. The molecule has 4 N–H and O–H groups in total. The fourth-order valence-corrected chi connectivity index (χ4v) is 2.31. The van der Waals surface area contributed by atoms with Crippen LogP contribution in [0.1, 0.15) is 18.5 Å². The van der Waals surface area contributed by atoms with Gasteiger partial charge in [0.2, 0.25) is 0 Å². The molecule has 1 aliphatic rings. The molecule has 1 heterocycles. The Morgan fingerprint density at radius 3 is 1.95 bits per heavy atom. The molecule has 3 atom stereocenters. The first kappa shape index (κ1) is 13.9. The third-order valence-corrected chi connectivity index (χ3v) is 3.49. The number of ether oxygens (including phenoxy) is 3. The molecule has 6 heteroatoms. The van der Waals surface area contributed by atoms with Crippen molar-refractivity contribution in [3.63, 3.8) is 0 Å². The number of hydrogen-bond donors (Lipinski definition) is 3. The number of hydrazine groups is 1. The van der Waals surface area contributed by atoms with E-state index in [-0.39, 0.29) is 18.1 Å². The quantitative estimate of drug-likeness (QED) is 0.740. The smallest absolute Gasteiger partial charge is 0.131 e. The molecule has 0 spiro atoms. The second-order valence-electron chi connectivity index (χ2n) is 4.58. The number of hydrogen-bond acceptors (Lipinski definition) is 6. The Labute approximate surface area is 113 Å². The second kappa shape index (κ2) is 5.64. The van der Waals surface area contributed by atoms with E-state index in [1.165, 1.54) is 0 Å². The number of methoxy groups -OCH3 is 3. The molecule has 0 amide bonds. The number of benzene rings is 1. The van der Waals surface area contributed by atoms with Crippen molar-refractivity contribution in [2.75, 3.05) is 21.3 Å². The maximum Gasteiger partial charge on any atom is 0.131 e. The van der Waals surface area contributed by atoms with Crippen LogP contribution in [-0.4, -0.2) is 33.4 Å². The third-order valence-electron chi connectivity index (χ3n) is 3.49. The van der Waals surface area contributed by atoms with Gasteiger partial charge in [0.05, 0.1) is 32.9 Å². The van der Waals surface area contributed by atoms with E-state index in [9.17, 15) is 0 Å². The molecular weight excluding hydrogens is 246 g/mol. The van der Waals surface area contributed by atoms with Crippen molar-refractivity contribution in [2.45, 2.75) is 25.0 Å². The minimum absolute atomic E-state index is 0.0730. The summed E-state index contributed by atoms with van der Waals surface area (Å²) in [6.07, 6.45) is 0. The molecule has 1 aromatic carbocycles. The highest BCUT2D eigenvalue weighted by Gasteiger charge is 2.35. The third kappa shape index (κ3) is 2.47. The molecule has 2 rings (SSSR count). The Kier molecular flexibility index (Phi) is 4.14. The Morgan fingerprint density at radius 2 is 1.58 bits per heavy atom. The van der Waals surface area contributed by atoms with Gasteiger partial charge < -0.3 is 19.9 Å². The number of rotatable bonds is 4. The highest BCUT2D eigenvalue weighted by atomic mass is 16.5. The van der Waals surface area contributed by atoms with Crippen LogP contribution >= 0.6 is 0 Å². The molecule has 106 valence electrons. The summed E-state index contributed by atoms with van der Waals surface area (Å²) in [6.45, 7) is 2.03. The van der Waals surface area contributed by atoms with E-state index in [0.717, 1.165) is 5.56 Å². The van der Waals surface area contributed by atoms with Crippen molar-refractivity contribution in [1.29, 1.82) is 0 Å². The van der Waals surface area contributed by atoms with Gasteiger partial charge in [-0.1, -0.05) is 0 Å². The number of nitrogens with one attached hydrogen (secondary N) is 2. The van der Waals surface area contributed by atoms with Gasteiger partial charge in [0, 0.05) is 24.2 Å². The molecule has 1 saturated heterocycles. The lowest BCUT2D eigenvalue weighted by Gasteiger charge is -2.22. The molecule has 19 heavy (non-hydrogen) atoms. The zero-order chi connectivity index (χ0) is 14.0. The van der Waals surface area contributed by atoms with Gasteiger partial charge in [-0.3, -0.25) is 5.43 Å². The summed E-state index contributed by atoms with van der Waals surface area (Å²) < 4.78 is 16.1. The Hall–Kier alpha value is -1.50. The Balaban J connectivity index is 2.48.